The normalized spacial score (nSPS) is 18.8. The Bertz CT molecular complexity index is 1020. The molecule has 5 nitrogen and oxygen atoms in total. The van der Waals surface area contributed by atoms with E-state index in [0.717, 1.165) is 41.0 Å². The molecule has 2 fully saturated rings. The van der Waals surface area contributed by atoms with E-state index in [0.29, 0.717) is 5.69 Å². The zero-order valence-electron chi connectivity index (χ0n) is 16.5. The molecule has 0 spiro atoms. The van der Waals surface area contributed by atoms with Crippen molar-refractivity contribution in [1.82, 2.24) is 14.9 Å². The molecule has 2 aromatic heterocycles. The van der Waals surface area contributed by atoms with Crippen molar-refractivity contribution in [3.63, 3.8) is 0 Å². The number of fused-ring (bicyclic) bond motifs is 1. The highest BCUT2D eigenvalue weighted by atomic mass is 32.1. The predicted octanol–water partition coefficient (Wildman–Crippen LogP) is 5.36. The fraction of sp³-hybridized carbons (Fsp3) is 0.435. The number of hydrogen-bond acceptors (Lipinski definition) is 5. The van der Waals surface area contributed by atoms with Gasteiger partial charge in [-0.15, -0.1) is 0 Å². The lowest BCUT2D eigenvalue weighted by molar-refractivity contribution is 0.141. The number of likely N-dealkylation sites (tertiary alicyclic amines) is 1. The minimum absolute atomic E-state index is 0.655. The average molecular weight is 404 g/mol. The summed E-state index contributed by atoms with van der Waals surface area (Å²) in [6, 6.07) is 10.5. The van der Waals surface area contributed by atoms with Gasteiger partial charge < -0.3 is 9.80 Å². The van der Waals surface area contributed by atoms with Gasteiger partial charge >= 0.3 is 0 Å². The van der Waals surface area contributed by atoms with Crippen LogP contribution in [-0.2, 0) is 0 Å². The summed E-state index contributed by atoms with van der Waals surface area (Å²) in [4.78, 5) is 18.1. The van der Waals surface area contributed by atoms with Crippen LogP contribution in [-0.4, -0.2) is 47.1 Å². The predicted molar refractivity (Wildman–Crippen MR) is 120 cm³/mol. The molecule has 0 amide bonds. The third-order valence-electron chi connectivity index (χ3n) is 6.20. The van der Waals surface area contributed by atoms with Crippen LogP contribution in [0.4, 0.5) is 10.8 Å². The number of pyridine rings is 1. The quantitative estimate of drug-likeness (QED) is 0.551. The summed E-state index contributed by atoms with van der Waals surface area (Å²) in [6.45, 7) is 11.9. The van der Waals surface area contributed by atoms with Crippen LogP contribution in [0, 0.1) is 6.57 Å². The molecule has 3 aromatic rings. The molecule has 0 radical (unpaired) electrons. The van der Waals surface area contributed by atoms with Crippen LogP contribution in [0.15, 0.2) is 36.5 Å². The van der Waals surface area contributed by atoms with E-state index in [2.05, 4.69) is 25.7 Å². The Hall–Kier alpha value is -2.49. The molecule has 5 rings (SSSR count). The van der Waals surface area contributed by atoms with Gasteiger partial charge in [0.05, 0.1) is 23.2 Å². The van der Waals surface area contributed by atoms with Gasteiger partial charge in [0.1, 0.15) is 5.52 Å². The molecule has 0 unspecified atom stereocenters. The molecule has 148 valence electrons. The van der Waals surface area contributed by atoms with Crippen LogP contribution in [0.25, 0.3) is 26.3 Å². The minimum Gasteiger partial charge on any atom is -0.348 e. The molecule has 0 atom stereocenters. The third-order valence-corrected chi connectivity index (χ3v) is 7.28. The maximum absolute atomic E-state index is 7.09. The maximum atomic E-state index is 7.09. The molecule has 6 heteroatoms. The van der Waals surface area contributed by atoms with E-state index in [1.54, 1.807) is 11.3 Å². The van der Waals surface area contributed by atoms with Crippen molar-refractivity contribution in [2.75, 3.05) is 31.1 Å². The van der Waals surface area contributed by atoms with Gasteiger partial charge in [0, 0.05) is 19.1 Å². The molecule has 2 aliphatic rings. The Morgan fingerprint density at radius 1 is 1.00 bits per heavy atom. The molecule has 0 aliphatic carbocycles. The van der Waals surface area contributed by atoms with Gasteiger partial charge in [0.15, 0.2) is 10.8 Å². The lowest BCUT2D eigenvalue weighted by atomic mass is 10.0. The zero-order chi connectivity index (χ0) is 19.6. The second-order valence-electron chi connectivity index (χ2n) is 8.01. The molecular weight excluding hydrogens is 378 g/mol. The SMILES string of the molecule is [C-]#[N+]c1ccc(-c2cc3sc(N4CCC(N5CCCCC5)CC4)nc3cn2)cc1. The lowest BCUT2D eigenvalue weighted by Gasteiger charge is -2.40. The smallest absolute Gasteiger partial charge is 0.187 e. The fourth-order valence-corrected chi connectivity index (χ4v) is 5.55. The second kappa shape index (κ2) is 8.10. The molecule has 0 bridgehead atoms. The molecule has 1 aromatic carbocycles. The van der Waals surface area contributed by atoms with Gasteiger partial charge in [-0.25, -0.2) is 9.83 Å². The highest BCUT2D eigenvalue weighted by Gasteiger charge is 2.26. The van der Waals surface area contributed by atoms with E-state index < -0.39 is 0 Å². The highest BCUT2D eigenvalue weighted by molar-refractivity contribution is 7.22. The van der Waals surface area contributed by atoms with Crippen molar-refractivity contribution in [3.05, 3.63) is 47.9 Å². The van der Waals surface area contributed by atoms with E-state index in [4.69, 9.17) is 11.6 Å². The van der Waals surface area contributed by atoms with Crippen LogP contribution in [0.3, 0.4) is 0 Å². The van der Waals surface area contributed by atoms with Crippen LogP contribution in [0.5, 0.6) is 0 Å². The summed E-state index contributed by atoms with van der Waals surface area (Å²) < 4.78 is 1.18. The summed E-state index contributed by atoms with van der Waals surface area (Å²) >= 11 is 1.77. The van der Waals surface area contributed by atoms with Gasteiger partial charge in [-0.2, -0.15) is 0 Å². The molecule has 0 N–H and O–H groups in total. The Morgan fingerprint density at radius 3 is 2.48 bits per heavy atom. The van der Waals surface area contributed by atoms with E-state index in [-0.39, 0.29) is 0 Å². The minimum atomic E-state index is 0.655. The van der Waals surface area contributed by atoms with Crippen molar-refractivity contribution in [2.45, 2.75) is 38.1 Å². The lowest BCUT2D eigenvalue weighted by Crippen LogP contribution is -2.46. The van der Waals surface area contributed by atoms with Gasteiger partial charge in [-0.1, -0.05) is 42.0 Å². The first kappa shape index (κ1) is 18.5. The molecule has 2 aliphatic heterocycles. The summed E-state index contributed by atoms with van der Waals surface area (Å²) in [7, 11) is 0. The van der Waals surface area contributed by atoms with Crippen LogP contribution in [0.1, 0.15) is 32.1 Å². The van der Waals surface area contributed by atoms with Crippen molar-refractivity contribution in [3.8, 4) is 11.3 Å². The van der Waals surface area contributed by atoms with Crippen molar-refractivity contribution in [1.29, 1.82) is 0 Å². The van der Waals surface area contributed by atoms with Gasteiger partial charge in [-0.05, 0) is 50.4 Å². The van der Waals surface area contributed by atoms with Crippen molar-refractivity contribution >= 4 is 32.4 Å². The number of nitrogens with zero attached hydrogens (tertiary/aromatic N) is 5. The number of benzene rings is 1. The summed E-state index contributed by atoms with van der Waals surface area (Å²) in [6.07, 6.45) is 8.51. The highest BCUT2D eigenvalue weighted by Crippen LogP contribution is 2.33. The zero-order valence-corrected chi connectivity index (χ0v) is 17.4. The Morgan fingerprint density at radius 2 is 1.76 bits per heavy atom. The third kappa shape index (κ3) is 3.85. The molecule has 0 saturated carbocycles. The van der Waals surface area contributed by atoms with Gasteiger partial charge in [0.25, 0.3) is 0 Å². The number of hydrogen-bond donors (Lipinski definition) is 0. The second-order valence-corrected chi connectivity index (χ2v) is 9.02. The van der Waals surface area contributed by atoms with E-state index >= 15 is 0 Å². The summed E-state index contributed by atoms with van der Waals surface area (Å²) in [5.74, 6) is 0. The van der Waals surface area contributed by atoms with E-state index in [9.17, 15) is 0 Å². The molecular formula is C23H25N5S. The average Bonchev–Trinajstić information content (AvgIpc) is 3.23. The first-order chi connectivity index (χ1) is 14.3. The maximum Gasteiger partial charge on any atom is 0.187 e. The monoisotopic (exact) mass is 403 g/mol. The number of rotatable bonds is 3. The Balaban J connectivity index is 1.30. The van der Waals surface area contributed by atoms with Gasteiger partial charge in [-0.3, -0.25) is 4.98 Å². The molecule has 29 heavy (non-hydrogen) atoms. The topological polar surface area (TPSA) is 36.6 Å². The summed E-state index contributed by atoms with van der Waals surface area (Å²) in [5.41, 5.74) is 3.61. The first-order valence-corrected chi connectivity index (χ1v) is 11.4. The molecule has 2 saturated heterocycles. The number of thiazole rings is 1. The van der Waals surface area contributed by atoms with Crippen molar-refractivity contribution < 1.29 is 0 Å². The Kier molecular flexibility index (Phi) is 5.17. The first-order valence-electron chi connectivity index (χ1n) is 10.5. The molecule has 4 heterocycles. The van der Waals surface area contributed by atoms with Gasteiger partial charge in [0.2, 0.25) is 0 Å². The van der Waals surface area contributed by atoms with E-state index in [1.165, 1.54) is 49.9 Å². The largest absolute Gasteiger partial charge is 0.348 e. The Labute approximate surface area is 175 Å². The van der Waals surface area contributed by atoms with Crippen LogP contribution in [0.2, 0.25) is 0 Å². The van der Waals surface area contributed by atoms with Crippen molar-refractivity contribution in [2.24, 2.45) is 0 Å². The number of anilines is 1. The standard InChI is InChI=1S/C23H25N5S/c1-24-18-7-5-17(6-8-18)20-15-22-21(16-25-20)26-23(29-22)28-13-9-19(10-14-28)27-11-3-2-4-12-27/h5-8,15-16,19H,2-4,9-14H2. The van der Waals surface area contributed by atoms with Crippen LogP contribution < -0.4 is 4.90 Å². The number of piperidine rings is 2. The number of aromatic nitrogens is 2. The van der Waals surface area contributed by atoms with E-state index in [1.807, 2.05) is 30.5 Å². The van der Waals surface area contributed by atoms with Crippen LogP contribution >= 0.6 is 11.3 Å². The summed E-state index contributed by atoms with van der Waals surface area (Å²) in [5, 5.41) is 1.12. The fourth-order valence-electron chi connectivity index (χ4n) is 4.53.